The number of hydrogen-bond donors (Lipinski definition) is 0. The largest absolute Gasteiger partial charge is 0.207 e. The van der Waals surface area contributed by atoms with Crippen LogP contribution in [-0.2, 0) is 5.41 Å². The topological polar surface area (TPSA) is 0 Å². The SMILES string of the molecule is CC1(c2ccc(F)cc2Br)CC1CCl. The molecule has 0 aliphatic heterocycles. The van der Waals surface area contributed by atoms with Gasteiger partial charge in [0, 0.05) is 10.4 Å². The monoisotopic (exact) mass is 276 g/mol. The summed E-state index contributed by atoms with van der Waals surface area (Å²) in [6.45, 7) is 2.18. The molecule has 1 saturated carbocycles. The van der Waals surface area contributed by atoms with Crippen molar-refractivity contribution in [3.05, 3.63) is 34.1 Å². The van der Waals surface area contributed by atoms with Gasteiger partial charge < -0.3 is 0 Å². The number of hydrogen-bond acceptors (Lipinski definition) is 0. The van der Waals surface area contributed by atoms with E-state index in [2.05, 4.69) is 22.9 Å². The Morgan fingerprint density at radius 1 is 1.64 bits per heavy atom. The molecule has 1 aliphatic rings. The lowest BCUT2D eigenvalue weighted by atomic mass is 9.96. The van der Waals surface area contributed by atoms with Crippen LogP contribution in [0, 0.1) is 11.7 Å². The van der Waals surface area contributed by atoms with Crippen molar-refractivity contribution in [1.29, 1.82) is 0 Å². The summed E-state index contributed by atoms with van der Waals surface area (Å²) in [7, 11) is 0. The Bertz CT molecular complexity index is 366. The van der Waals surface area contributed by atoms with Crippen LogP contribution in [0.2, 0.25) is 0 Å². The van der Waals surface area contributed by atoms with Crippen LogP contribution in [0.1, 0.15) is 18.9 Å². The van der Waals surface area contributed by atoms with Gasteiger partial charge in [-0.25, -0.2) is 4.39 Å². The Kier molecular flexibility index (Phi) is 2.61. The molecular formula is C11H11BrClF. The first-order valence-electron chi connectivity index (χ1n) is 4.59. The van der Waals surface area contributed by atoms with Gasteiger partial charge in [-0.05, 0) is 35.4 Å². The molecule has 0 nitrogen and oxygen atoms in total. The molecule has 0 spiro atoms. The fraction of sp³-hybridized carbons (Fsp3) is 0.455. The van der Waals surface area contributed by atoms with Crippen LogP contribution in [0.4, 0.5) is 4.39 Å². The molecule has 1 aromatic rings. The fourth-order valence-electron chi connectivity index (χ4n) is 1.96. The minimum atomic E-state index is -0.202. The zero-order valence-corrected chi connectivity index (χ0v) is 10.2. The van der Waals surface area contributed by atoms with Crippen LogP contribution in [0.15, 0.2) is 22.7 Å². The highest BCUT2D eigenvalue weighted by molar-refractivity contribution is 9.10. The van der Waals surface area contributed by atoms with Gasteiger partial charge in [-0.3, -0.25) is 0 Å². The van der Waals surface area contributed by atoms with E-state index in [0.29, 0.717) is 11.8 Å². The van der Waals surface area contributed by atoms with E-state index in [0.717, 1.165) is 10.9 Å². The number of alkyl halides is 1. The predicted octanol–water partition coefficient (Wildman–Crippen LogP) is 4.10. The van der Waals surface area contributed by atoms with Gasteiger partial charge in [-0.1, -0.05) is 28.9 Å². The first-order chi connectivity index (χ1) is 6.58. The Hall–Kier alpha value is -0.0800. The summed E-state index contributed by atoms with van der Waals surface area (Å²) >= 11 is 9.22. The van der Waals surface area contributed by atoms with E-state index in [1.807, 2.05) is 6.07 Å². The van der Waals surface area contributed by atoms with Crippen LogP contribution in [0.3, 0.4) is 0 Å². The summed E-state index contributed by atoms with van der Waals surface area (Å²) in [6, 6.07) is 4.88. The van der Waals surface area contributed by atoms with Gasteiger partial charge >= 0.3 is 0 Å². The van der Waals surface area contributed by atoms with Crippen LogP contribution in [0.25, 0.3) is 0 Å². The van der Waals surface area contributed by atoms with E-state index in [9.17, 15) is 4.39 Å². The molecule has 0 N–H and O–H groups in total. The minimum Gasteiger partial charge on any atom is -0.207 e. The predicted molar refractivity (Wildman–Crippen MR) is 60.3 cm³/mol. The molecule has 1 fully saturated rings. The van der Waals surface area contributed by atoms with E-state index < -0.39 is 0 Å². The minimum absolute atomic E-state index is 0.147. The second-order valence-electron chi connectivity index (χ2n) is 4.10. The molecule has 3 heteroatoms. The van der Waals surface area contributed by atoms with E-state index in [1.54, 1.807) is 0 Å². The van der Waals surface area contributed by atoms with Crippen LogP contribution in [-0.4, -0.2) is 5.88 Å². The maximum Gasteiger partial charge on any atom is 0.124 e. The van der Waals surface area contributed by atoms with Crippen molar-refractivity contribution in [1.82, 2.24) is 0 Å². The standard InChI is InChI=1S/C11H11BrClF/c1-11(5-7(11)6-13)9-3-2-8(14)4-10(9)12/h2-4,7H,5-6H2,1H3. The number of halogens is 3. The molecule has 0 amide bonds. The molecule has 0 radical (unpaired) electrons. The molecule has 0 saturated heterocycles. The second-order valence-corrected chi connectivity index (χ2v) is 5.26. The van der Waals surface area contributed by atoms with Crippen LogP contribution < -0.4 is 0 Å². The molecule has 2 rings (SSSR count). The number of rotatable bonds is 2. The van der Waals surface area contributed by atoms with Gasteiger partial charge in [0.2, 0.25) is 0 Å². The maximum absolute atomic E-state index is 12.9. The highest BCUT2D eigenvalue weighted by Crippen LogP contribution is 2.56. The highest BCUT2D eigenvalue weighted by atomic mass is 79.9. The van der Waals surface area contributed by atoms with Crippen molar-refractivity contribution >= 4 is 27.5 Å². The summed E-state index contributed by atoms with van der Waals surface area (Å²) in [5.41, 5.74) is 1.32. The quantitative estimate of drug-likeness (QED) is 0.714. The van der Waals surface area contributed by atoms with Gasteiger partial charge in [0.15, 0.2) is 0 Å². The lowest BCUT2D eigenvalue weighted by molar-refractivity contribution is 0.621. The fourth-order valence-corrected chi connectivity index (χ4v) is 3.21. The molecule has 2 atom stereocenters. The lowest BCUT2D eigenvalue weighted by Crippen LogP contribution is -2.06. The molecule has 2 unspecified atom stereocenters. The Labute approximate surface area is 96.6 Å². The summed E-state index contributed by atoms with van der Waals surface area (Å²) in [5.74, 6) is 1.01. The average Bonchev–Trinajstić information content (AvgIpc) is 2.77. The summed E-state index contributed by atoms with van der Waals surface area (Å²) in [5, 5.41) is 0. The van der Waals surface area contributed by atoms with E-state index in [4.69, 9.17) is 11.6 Å². The first kappa shape index (κ1) is 10.4. The van der Waals surface area contributed by atoms with Crippen molar-refractivity contribution in [2.45, 2.75) is 18.8 Å². The zero-order chi connectivity index (χ0) is 10.3. The zero-order valence-electron chi connectivity index (χ0n) is 7.86. The average molecular weight is 278 g/mol. The Morgan fingerprint density at radius 2 is 2.36 bits per heavy atom. The molecule has 1 aliphatic carbocycles. The summed E-state index contributed by atoms with van der Waals surface area (Å²) in [4.78, 5) is 0. The van der Waals surface area contributed by atoms with E-state index in [1.165, 1.54) is 17.7 Å². The smallest absolute Gasteiger partial charge is 0.124 e. The van der Waals surface area contributed by atoms with Crippen molar-refractivity contribution in [3.8, 4) is 0 Å². The van der Waals surface area contributed by atoms with Gasteiger partial charge in [-0.15, -0.1) is 11.6 Å². The Morgan fingerprint density at radius 3 is 2.86 bits per heavy atom. The lowest BCUT2D eigenvalue weighted by Gasteiger charge is -2.13. The number of benzene rings is 1. The maximum atomic E-state index is 12.9. The molecule has 0 heterocycles. The van der Waals surface area contributed by atoms with E-state index in [-0.39, 0.29) is 11.2 Å². The van der Waals surface area contributed by atoms with Crippen molar-refractivity contribution in [2.75, 3.05) is 5.88 Å². The third-order valence-corrected chi connectivity index (χ3v) is 4.17. The molecule has 76 valence electrons. The summed E-state index contributed by atoms with van der Waals surface area (Å²) < 4.78 is 13.7. The van der Waals surface area contributed by atoms with Crippen molar-refractivity contribution < 1.29 is 4.39 Å². The molecule has 0 aromatic heterocycles. The third-order valence-electron chi connectivity index (χ3n) is 3.14. The Balaban J connectivity index is 2.34. The molecule has 14 heavy (non-hydrogen) atoms. The third kappa shape index (κ3) is 1.59. The van der Waals surface area contributed by atoms with Gasteiger partial charge in [-0.2, -0.15) is 0 Å². The van der Waals surface area contributed by atoms with Crippen LogP contribution in [0.5, 0.6) is 0 Å². The highest BCUT2D eigenvalue weighted by Gasteiger charge is 2.51. The second kappa shape index (κ2) is 3.49. The van der Waals surface area contributed by atoms with E-state index >= 15 is 0 Å². The van der Waals surface area contributed by atoms with Crippen molar-refractivity contribution in [2.24, 2.45) is 5.92 Å². The van der Waals surface area contributed by atoms with Gasteiger partial charge in [0.25, 0.3) is 0 Å². The van der Waals surface area contributed by atoms with Crippen LogP contribution >= 0.6 is 27.5 Å². The summed E-state index contributed by atoms with van der Waals surface area (Å²) in [6.07, 6.45) is 1.10. The molecule has 0 bridgehead atoms. The van der Waals surface area contributed by atoms with Gasteiger partial charge in [0.1, 0.15) is 5.82 Å². The molecule has 1 aromatic carbocycles. The van der Waals surface area contributed by atoms with Gasteiger partial charge in [0.05, 0.1) is 0 Å². The van der Waals surface area contributed by atoms with Crippen molar-refractivity contribution in [3.63, 3.8) is 0 Å². The first-order valence-corrected chi connectivity index (χ1v) is 5.92. The molecular weight excluding hydrogens is 266 g/mol. The normalized spacial score (nSPS) is 30.4.